The molecule has 0 aliphatic heterocycles. The summed E-state index contributed by atoms with van der Waals surface area (Å²) in [6.45, 7) is 0.760. The third-order valence-electron chi connectivity index (χ3n) is 1.25. The van der Waals surface area contributed by atoms with E-state index < -0.39 is 5.73 Å². The Kier molecular flexibility index (Phi) is 5.92. The van der Waals surface area contributed by atoms with Crippen molar-refractivity contribution in [2.75, 3.05) is 0 Å². The average molecular weight is 536 g/mol. The summed E-state index contributed by atoms with van der Waals surface area (Å²) in [5.41, 5.74) is -0.621. The molecule has 0 N–H and O–H groups in total. The van der Waals surface area contributed by atoms with Gasteiger partial charge < -0.3 is 0 Å². The Morgan fingerprint density at radius 3 is 2.17 bits per heavy atom. The van der Waals surface area contributed by atoms with Crippen LogP contribution in [-0.4, -0.2) is 0 Å². The molecule has 0 aliphatic rings. The van der Waals surface area contributed by atoms with Crippen molar-refractivity contribution in [2.24, 2.45) is 0 Å². The third-order valence-corrected chi connectivity index (χ3v) is 5.83. The van der Waals surface area contributed by atoms with Gasteiger partial charge in [0.2, 0.25) is 0 Å². The van der Waals surface area contributed by atoms with Gasteiger partial charge in [0.05, 0.1) is 0 Å². The van der Waals surface area contributed by atoms with Gasteiger partial charge in [-0.15, -0.1) is 0 Å². The van der Waals surface area contributed by atoms with Crippen molar-refractivity contribution in [2.45, 2.75) is 6.61 Å². The number of hydrogen-bond donors (Lipinski definition) is 0. The molecular weight excluding hydrogens is 529 g/mol. The van der Waals surface area contributed by atoms with Gasteiger partial charge in [0.1, 0.15) is 0 Å². The number of halogens is 3. The predicted molar refractivity (Wildman–Crippen MR) is 73.3 cm³/mol. The molecule has 0 heterocycles. The van der Waals surface area contributed by atoms with Crippen LogP contribution in [0, 0.1) is 0 Å². The molecule has 0 spiro atoms. The zero-order valence-corrected chi connectivity index (χ0v) is 14.2. The summed E-state index contributed by atoms with van der Waals surface area (Å²) in [5, 5.41) is 0. The minimum absolute atomic E-state index is 0.760. The summed E-state index contributed by atoms with van der Waals surface area (Å²) in [5.74, 6) is 0. The van der Waals surface area contributed by atoms with E-state index in [1.54, 1.807) is 0 Å². The molecule has 5 heteroatoms. The normalized spacial score (nSPS) is 11.6. The van der Waals surface area contributed by atoms with E-state index in [9.17, 15) is 0 Å². The van der Waals surface area contributed by atoms with Gasteiger partial charge >= 0.3 is 109 Å². The Labute approximate surface area is 107 Å². The quantitative estimate of drug-likeness (QED) is 0.414. The fourth-order valence-corrected chi connectivity index (χ4v) is 3.18. The Hall–Kier alpha value is 2.08. The number of hydrogen-bond acceptors (Lipinski definition) is 1. The van der Waals surface area contributed by atoms with Crippen LogP contribution in [0.1, 0.15) is 5.56 Å². The van der Waals surface area contributed by atoms with Crippen LogP contribution in [0.25, 0.3) is 0 Å². The van der Waals surface area contributed by atoms with Gasteiger partial charge in [-0.25, -0.2) is 0 Å². The molecule has 0 fully saturated rings. The first kappa shape index (κ1) is 12.2. The standard InChI is InChI=1S/C7H7O.3HI.Ti/c8-6-7-4-2-1-3-5-7;;;;/h1-5H,6H2;3*1H;/q-1;;;;+4/p-3. The Balaban J connectivity index is 2.44. The van der Waals surface area contributed by atoms with Crippen molar-refractivity contribution in [3.05, 3.63) is 35.9 Å². The van der Waals surface area contributed by atoms with Gasteiger partial charge in [-0.05, 0) is 0 Å². The van der Waals surface area contributed by atoms with E-state index in [0.717, 1.165) is 6.61 Å². The van der Waals surface area contributed by atoms with Gasteiger partial charge in [-0.2, -0.15) is 0 Å². The summed E-state index contributed by atoms with van der Waals surface area (Å²) in [6.07, 6.45) is 0. The van der Waals surface area contributed by atoms with Gasteiger partial charge in [-0.1, -0.05) is 0 Å². The van der Waals surface area contributed by atoms with Crippen LogP contribution in [0.5, 0.6) is 0 Å². The molecule has 0 atom stereocenters. The summed E-state index contributed by atoms with van der Waals surface area (Å²) in [7, 11) is 0. The SMILES string of the molecule is [I][Ti]([I])([I])[O]Cc1ccccc1. The van der Waals surface area contributed by atoms with Crippen LogP contribution in [0.15, 0.2) is 30.3 Å². The maximum atomic E-state index is 5.76. The molecule has 12 heavy (non-hydrogen) atoms. The first-order valence-electron chi connectivity index (χ1n) is 3.32. The van der Waals surface area contributed by atoms with Gasteiger partial charge in [0, 0.05) is 0 Å². The van der Waals surface area contributed by atoms with E-state index in [4.69, 9.17) is 3.32 Å². The van der Waals surface area contributed by atoms with E-state index in [1.165, 1.54) is 5.56 Å². The van der Waals surface area contributed by atoms with Gasteiger partial charge in [-0.3, -0.25) is 0 Å². The molecule has 0 aromatic heterocycles. The van der Waals surface area contributed by atoms with E-state index in [0.29, 0.717) is 0 Å². The van der Waals surface area contributed by atoms with Gasteiger partial charge in [0.25, 0.3) is 0 Å². The third kappa shape index (κ3) is 5.74. The van der Waals surface area contributed by atoms with Crippen molar-refractivity contribution < 1.29 is 9.05 Å². The second-order valence-corrected chi connectivity index (χ2v) is 48.4. The molecule has 0 amide bonds. The Morgan fingerprint density at radius 1 is 1.08 bits per heavy atom. The zero-order chi connectivity index (χ0) is 9.03. The molecule has 1 rings (SSSR count). The zero-order valence-electron chi connectivity index (χ0n) is 6.14. The fraction of sp³-hybridized carbons (Fsp3) is 0.143. The summed E-state index contributed by atoms with van der Waals surface area (Å²) < 4.78 is 5.76. The molecule has 66 valence electrons. The first-order chi connectivity index (χ1) is 5.58. The minimum atomic E-state index is -1.88. The number of rotatable bonds is 3. The fourth-order valence-electron chi connectivity index (χ4n) is 0.739. The van der Waals surface area contributed by atoms with Crippen LogP contribution < -0.4 is 0 Å². The van der Waals surface area contributed by atoms with Crippen LogP contribution in [0.4, 0.5) is 0 Å². The van der Waals surface area contributed by atoms with Crippen LogP contribution in [0.2, 0.25) is 0 Å². The molecule has 0 radical (unpaired) electrons. The van der Waals surface area contributed by atoms with Crippen LogP contribution >= 0.6 is 57.6 Å². The summed E-state index contributed by atoms with van der Waals surface area (Å²) in [4.78, 5) is 0. The molecular formula is C7H7I3OTi. The van der Waals surface area contributed by atoms with Crippen molar-refractivity contribution in [3.8, 4) is 0 Å². The summed E-state index contributed by atoms with van der Waals surface area (Å²) >= 11 is 7.33. The monoisotopic (exact) mass is 536 g/mol. The second kappa shape index (κ2) is 5.84. The van der Waals surface area contributed by atoms with E-state index in [-0.39, 0.29) is 0 Å². The van der Waals surface area contributed by atoms with E-state index in [2.05, 4.69) is 69.7 Å². The molecule has 1 aromatic rings. The molecule has 0 saturated heterocycles. The molecule has 0 saturated carbocycles. The average Bonchev–Trinajstić information content (AvgIpc) is 2.02. The van der Waals surface area contributed by atoms with Crippen molar-refractivity contribution in [3.63, 3.8) is 0 Å². The van der Waals surface area contributed by atoms with E-state index in [1.807, 2.05) is 18.2 Å². The molecule has 0 bridgehead atoms. The molecule has 0 unspecified atom stereocenters. The predicted octanol–water partition coefficient (Wildman–Crippen LogP) is 4.32. The topological polar surface area (TPSA) is 9.23 Å². The second-order valence-electron chi connectivity index (χ2n) is 2.22. The van der Waals surface area contributed by atoms with E-state index >= 15 is 0 Å². The van der Waals surface area contributed by atoms with Crippen molar-refractivity contribution in [1.82, 2.24) is 0 Å². The van der Waals surface area contributed by atoms with Crippen molar-refractivity contribution in [1.29, 1.82) is 0 Å². The Morgan fingerprint density at radius 2 is 1.67 bits per heavy atom. The summed E-state index contributed by atoms with van der Waals surface area (Å²) in [6, 6.07) is 10.3. The Bertz CT molecular complexity index is 234. The van der Waals surface area contributed by atoms with Crippen molar-refractivity contribution >= 4 is 57.6 Å². The maximum absolute atomic E-state index is 5.76. The molecule has 0 aliphatic carbocycles. The van der Waals surface area contributed by atoms with Crippen LogP contribution in [0.3, 0.4) is 0 Å². The number of benzene rings is 1. The molecule has 1 nitrogen and oxygen atoms in total. The molecule has 1 aromatic carbocycles. The van der Waals surface area contributed by atoms with Gasteiger partial charge in [0.15, 0.2) is 0 Å². The first-order valence-corrected chi connectivity index (χ1v) is 19.1. The van der Waals surface area contributed by atoms with Crippen LogP contribution in [-0.2, 0) is 15.7 Å².